The number of piperidine rings is 1. The lowest BCUT2D eigenvalue weighted by Crippen LogP contribution is -2.50. The highest BCUT2D eigenvalue weighted by atomic mass is 19.4. The van der Waals surface area contributed by atoms with E-state index in [1.165, 1.54) is 24.3 Å². The molecule has 2 aromatic carbocycles. The van der Waals surface area contributed by atoms with Crippen molar-refractivity contribution in [1.29, 1.82) is 0 Å². The smallest absolute Gasteiger partial charge is 0.416 e. The number of benzene rings is 2. The van der Waals surface area contributed by atoms with Crippen LogP contribution in [0, 0.1) is 5.82 Å². The number of fused-ring (bicyclic) bond motifs is 2. The number of amides is 1. The van der Waals surface area contributed by atoms with Crippen LogP contribution in [0.1, 0.15) is 31.2 Å². The maximum Gasteiger partial charge on any atom is 0.416 e. The lowest BCUT2D eigenvalue weighted by atomic mass is 9.99. The Balaban J connectivity index is 1.32. The van der Waals surface area contributed by atoms with Crippen molar-refractivity contribution in [3.05, 3.63) is 59.9 Å². The van der Waals surface area contributed by atoms with Gasteiger partial charge in [0.25, 0.3) is 5.91 Å². The van der Waals surface area contributed by atoms with E-state index in [9.17, 15) is 22.4 Å². The Kier molecular flexibility index (Phi) is 5.58. The molecule has 30 heavy (non-hydrogen) atoms. The minimum Gasteiger partial charge on any atom is -0.490 e. The van der Waals surface area contributed by atoms with E-state index >= 15 is 0 Å². The van der Waals surface area contributed by atoms with Crippen LogP contribution >= 0.6 is 0 Å². The highest BCUT2D eigenvalue weighted by Crippen LogP contribution is 2.37. The van der Waals surface area contributed by atoms with Gasteiger partial charge in [-0.2, -0.15) is 13.2 Å². The first-order chi connectivity index (χ1) is 14.3. The van der Waals surface area contributed by atoms with Crippen LogP contribution < -0.4 is 9.47 Å². The molecular weight excluding hydrogens is 402 g/mol. The van der Waals surface area contributed by atoms with Crippen LogP contribution in [-0.2, 0) is 11.0 Å². The molecule has 2 aromatic rings. The van der Waals surface area contributed by atoms with Crippen molar-refractivity contribution >= 4 is 5.91 Å². The number of carbonyl (C=O) groups excluding carboxylic acids is 1. The maximum absolute atomic E-state index is 13.0. The molecule has 2 aliphatic heterocycles. The molecule has 2 heterocycles. The summed E-state index contributed by atoms with van der Waals surface area (Å²) in [6.45, 7) is -0.220. The standard InChI is InChI=1S/C22H21F4NO3/c23-15-3-9-19(10-4-15)30-20-11-16-5-6-17(12-20)27(16)21(28)13-29-18-7-1-14(2-8-18)22(24,25)26/h1-4,7-10,16-17,20H,5-6,11-13H2/t16-,17+,20?. The van der Waals surface area contributed by atoms with Crippen molar-refractivity contribution in [2.75, 3.05) is 6.61 Å². The van der Waals surface area contributed by atoms with Gasteiger partial charge in [-0.1, -0.05) is 0 Å². The van der Waals surface area contributed by atoms with E-state index in [0.717, 1.165) is 25.0 Å². The summed E-state index contributed by atoms with van der Waals surface area (Å²) in [4.78, 5) is 14.5. The van der Waals surface area contributed by atoms with Crippen LogP contribution in [0.5, 0.6) is 11.5 Å². The third kappa shape index (κ3) is 4.52. The summed E-state index contributed by atoms with van der Waals surface area (Å²) in [5.74, 6) is 0.322. The Hall–Kier alpha value is -2.77. The first kappa shape index (κ1) is 20.5. The van der Waals surface area contributed by atoms with Crippen molar-refractivity contribution in [3.63, 3.8) is 0 Å². The molecule has 3 atom stereocenters. The number of halogens is 4. The average molecular weight is 423 g/mol. The zero-order valence-electron chi connectivity index (χ0n) is 16.1. The summed E-state index contributed by atoms with van der Waals surface area (Å²) < 4.78 is 62.3. The van der Waals surface area contributed by atoms with Crippen molar-refractivity contribution in [2.24, 2.45) is 0 Å². The van der Waals surface area contributed by atoms with Gasteiger partial charge in [0, 0.05) is 24.9 Å². The molecule has 1 amide bonds. The fourth-order valence-electron chi connectivity index (χ4n) is 4.30. The molecule has 0 aliphatic carbocycles. The molecular formula is C22H21F4NO3. The second-order valence-electron chi connectivity index (χ2n) is 7.66. The third-order valence-corrected chi connectivity index (χ3v) is 5.64. The summed E-state index contributed by atoms with van der Waals surface area (Å²) in [5, 5.41) is 0. The zero-order chi connectivity index (χ0) is 21.3. The summed E-state index contributed by atoms with van der Waals surface area (Å²) in [6.07, 6.45) is -1.35. The Labute approximate surface area is 171 Å². The van der Waals surface area contributed by atoms with Gasteiger partial charge in [0.15, 0.2) is 6.61 Å². The average Bonchev–Trinajstić information content (AvgIpc) is 2.98. The molecule has 0 radical (unpaired) electrons. The van der Waals surface area contributed by atoms with E-state index in [2.05, 4.69) is 0 Å². The number of hydrogen-bond donors (Lipinski definition) is 0. The highest BCUT2D eigenvalue weighted by Gasteiger charge is 2.44. The van der Waals surface area contributed by atoms with Crippen molar-refractivity contribution < 1.29 is 31.8 Å². The van der Waals surface area contributed by atoms with Crippen LogP contribution in [0.25, 0.3) is 0 Å². The SMILES string of the molecule is O=C(COc1ccc(C(F)(F)F)cc1)N1[C@@H]2CC[C@H]1CC(Oc1ccc(F)cc1)C2. The topological polar surface area (TPSA) is 38.8 Å². The van der Waals surface area contributed by atoms with Crippen molar-refractivity contribution in [1.82, 2.24) is 4.90 Å². The predicted molar refractivity (Wildman–Crippen MR) is 101 cm³/mol. The van der Waals surface area contributed by atoms with Crippen LogP contribution in [0.2, 0.25) is 0 Å². The number of alkyl halides is 3. The lowest BCUT2D eigenvalue weighted by Gasteiger charge is -2.38. The maximum atomic E-state index is 13.0. The minimum absolute atomic E-state index is 0.0397. The third-order valence-electron chi connectivity index (χ3n) is 5.64. The first-order valence-electron chi connectivity index (χ1n) is 9.83. The molecule has 2 saturated heterocycles. The van der Waals surface area contributed by atoms with Gasteiger partial charge < -0.3 is 14.4 Å². The van der Waals surface area contributed by atoms with Gasteiger partial charge in [-0.05, 0) is 61.4 Å². The van der Waals surface area contributed by atoms with Gasteiger partial charge in [-0.25, -0.2) is 4.39 Å². The summed E-state index contributed by atoms with van der Waals surface area (Å²) >= 11 is 0. The number of hydrogen-bond acceptors (Lipinski definition) is 3. The van der Waals surface area contributed by atoms with Crippen molar-refractivity contribution in [2.45, 2.75) is 50.0 Å². The van der Waals surface area contributed by atoms with Gasteiger partial charge in [0.05, 0.1) is 5.56 Å². The molecule has 1 unspecified atom stereocenters. The summed E-state index contributed by atoms with van der Waals surface area (Å²) in [6, 6.07) is 10.3. The van der Waals surface area contributed by atoms with E-state index < -0.39 is 11.7 Å². The first-order valence-corrected chi connectivity index (χ1v) is 9.83. The molecule has 2 aliphatic rings. The number of nitrogens with zero attached hydrogens (tertiary/aromatic N) is 1. The number of rotatable bonds is 5. The largest absolute Gasteiger partial charge is 0.490 e. The molecule has 160 valence electrons. The normalized spacial score (nSPS) is 23.3. The molecule has 0 saturated carbocycles. The highest BCUT2D eigenvalue weighted by molar-refractivity contribution is 5.79. The second kappa shape index (κ2) is 8.16. The van der Waals surface area contributed by atoms with Gasteiger partial charge in [0.1, 0.15) is 23.4 Å². The van der Waals surface area contributed by atoms with E-state index in [1.807, 2.05) is 4.90 Å². The molecule has 2 bridgehead atoms. The molecule has 4 nitrogen and oxygen atoms in total. The van der Waals surface area contributed by atoms with Gasteiger partial charge in [-0.15, -0.1) is 0 Å². The van der Waals surface area contributed by atoms with Crippen LogP contribution in [0.3, 0.4) is 0 Å². The molecule has 2 fully saturated rings. The fraction of sp³-hybridized carbons (Fsp3) is 0.409. The molecule has 0 spiro atoms. The van der Waals surface area contributed by atoms with Gasteiger partial charge in [-0.3, -0.25) is 4.79 Å². The summed E-state index contributed by atoms with van der Waals surface area (Å²) in [5.41, 5.74) is -0.762. The Morgan fingerprint density at radius 3 is 2.07 bits per heavy atom. The van der Waals surface area contributed by atoms with E-state index in [-0.39, 0.29) is 42.3 Å². The van der Waals surface area contributed by atoms with Crippen molar-refractivity contribution in [3.8, 4) is 11.5 Å². The quantitative estimate of drug-likeness (QED) is 0.647. The van der Waals surface area contributed by atoms with Crippen LogP contribution in [0.4, 0.5) is 17.6 Å². The zero-order valence-corrected chi connectivity index (χ0v) is 16.1. The van der Waals surface area contributed by atoms with Crippen LogP contribution in [0.15, 0.2) is 48.5 Å². The Bertz CT molecular complexity index is 869. The van der Waals surface area contributed by atoms with Crippen LogP contribution in [-0.4, -0.2) is 35.6 Å². The lowest BCUT2D eigenvalue weighted by molar-refractivity contribution is -0.139. The Morgan fingerprint density at radius 2 is 1.50 bits per heavy atom. The van der Waals surface area contributed by atoms with E-state index in [1.54, 1.807) is 12.1 Å². The summed E-state index contributed by atoms with van der Waals surface area (Å²) in [7, 11) is 0. The monoisotopic (exact) mass is 423 g/mol. The molecule has 8 heteroatoms. The second-order valence-corrected chi connectivity index (χ2v) is 7.66. The molecule has 0 N–H and O–H groups in total. The predicted octanol–water partition coefficient (Wildman–Crippen LogP) is 4.82. The molecule has 0 aromatic heterocycles. The van der Waals surface area contributed by atoms with E-state index in [4.69, 9.17) is 9.47 Å². The Morgan fingerprint density at radius 1 is 0.933 bits per heavy atom. The van der Waals surface area contributed by atoms with Gasteiger partial charge in [0.2, 0.25) is 0 Å². The number of ether oxygens (including phenoxy) is 2. The fourth-order valence-corrected chi connectivity index (χ4v) is 4.30. The molecule has 4 rings (SSSR count). The minimum atomic E-state index is -4.41. The number of carbonyl (C=O) groups is 1. The van der Waals surface area contributed by atoms with Gasteiger partial charge >= 0.3 is 6.18 Å². The van der Waals surface area contributed by atoms with E-state index in [0.29, 0.717) is 18.6 Å².